The molecule has 0 fully saturated rings. The number of aliphatic hydroxyl groups is 1. The number of fused-ring (bicyclic) bond motifs is 6. The molecule has 1 unspecified atom stereocenters. The fourth-order valence-electron chi connectivity index (χ4n) is 7.33. The predicted octanol–water partition coefficient (Wildman–Crippen LogP) is 9.08. The molecular formula is C38H25BrO. The van der Waals surface area contributed by atoms with Crippen LogP contribution < -0.4 is 0 Å². The van der Waals surface area contributed by atoms with Crippen molar-refractivity contribution in [1.29, 1.82) is 0 Å². The highest BCUT2D eigenvalue weighted by Gasteiger charge is 2.51. The lowest BCUT2D eigenvalue weighted by Gasteiger charge is -2.39. The lowest BCUT2D eigenvalue weighted by Crippen LogP contribution is -2.35. The van der Waals surface area contributed by atoms with E-state index in [1.165, 1.54) is 27.8 Å². The third-order valence-corrected chi connectivity index (χ3v) is 9.35. The van der Waals surface area contributed by atoms with E-state index in [9.17, 15) is 5.11 Å². The van der Waals surface area contributed by atoms with Crippen molar-refractivity contribution in [3.05, 3.63) is 189 Å². The second-order valence-electron chi connectivity index (χ2n) is 10.7. The number of halogens is 1. The van der Waals surface area contributed by atoms with E-state index in [1.54, 1.807) is 0 Å². The van der Waals surface area contributed by atoms with Crippen LogP contribution in [-0.4, -0.2) is 5.11 Å². The molecule has 1 atom stereocenters. The molecule has 6 aromatic carbocycles. The maximum absolute atomic E-state index is 13.1. The third-order valence-electron chi connectivity index (χ3n) is 8.86. The topological polar surface area (TPSA) is 20.2 Å². The number of hydrogen-bond donors (Lipinski definition) is 1. The van der Waals surface area contributed by atoms with E-state index >= 15 is 0 Å². The lowest BCUT2D eigenvalue weighted by atomic mass is 9.64. The molecule has 40 heavy (non-hydrogen) atoms. The van der Waals surface area contributed by atoms with Gasteiger partial charge in [0, 0.05) is 15.6 Å². The van der Waals surface area contributed by atoms with E-state index in [1.807, 2.05) is 12.1 Å². The summed E-state index contributed by atoms with van der Waals surface area (Å²) in [6.45, 7) is 0. The second-order valence-corrected chi connectivity index (χ2v) is 11.6. The fraction of sp³-hybridized carbons (Fsp3) is 0.0526. The van der Waals surface area contributed by atoms with Crippen LogP contribution in [-0.2, 0) is 11.0 Å². The van der Waals surface area contributed by atoms with Gasteiger partial charge in [0.15, 0.2) is 0 Å². The first-order chi connectivity index (χ1) is 19.6. The van der Waals surface area contributed by atoms with Gasteiger partial charge in [-0.1, -0.05) is 149 Å². The van der Waals surface area contributed by atoms with Gasteiger partial charge in [0.25, 0.3) is 0 Å². The van der Waals surface area contributed by atoms with Crippen LogP contribution in [0.15, 0.2) is 150 Å². The first kappa shape index (κ1) is 23.6. The molecule has 190 valence electrons. The molecule has 2 aliphatic rings. The molecule has 1 nitrogen and oxygen atoms in total. The Morgan fingerprint density at radius 3 is 1.48 bits per heavy atom. The van der Waals surface area contributed by atoms with Gasteiger partial charge in [0.2, 0.25) is 0 Å². The van der Waals surface area contributed by atoms with Gasteiger partial charge in [0.1, 0.15) is 5.60 Å². The van der Waals surface area contributed by atoms with Gasteiger partial charge in [-0.25, -0.2) is 0 Å². The fourth-order valence-corrected chi connectivity index (χ4v) is 7.69. The van der Waals surface area contributed by atoms with E-state index in [2.05, 4.69) is 149 Å². The first-order valence-electron chi connectivity index (χ1n) is 13.6. The van der Waals surface area contributed by atoms with Crippen LogP contribution in [0.3, 0.4) is 0 Å². The van der Waals surface area contributed by atoms with Gasteiger partial charge in [-0.05, 0) is 62.2 Å². The summed E-state index contributed by atoms with van der Waals surface area (Å²) in [5.74, 6) is 0. The van der Waals surface area contributed by atoms with Crippen molar-refractivity contribution in [2.24, 2.45) is 0 Å². The molecule has 2 aliphatic carbocycles. The van der Waals surface area contributed by atoms with Gasteiger partial charge in [-0.3, -0.25) is 0 Å². The van der Waals surface area contributed by atoms with Crippen molar-refractivity contribution in [3.63, 3.8) is 0 Å². The standard InChI is InChI=1S/C38H25BrO/c39-26-22-23-34-30(24-26)29-16-6-9-19-33(29)38(34,40)36-21-11-10-20-35(36)37(25-12-2-1-3-13-25)31-17-7-4-14-27(31)28-15-5-8-18-32(28)37/h1-24,40H. The molecule has 0 aromatic heterocycles. The van der Waals surface area contributed by atoms with Crippen LogP contribution in [0.1, 0.15) is 38.9 Å². The molecule has 1 N–H and O–H groups in total. The highest BCUT2D eigenvalue weighted by molar-refractivity contribution is 9.10. The van der Waals surface area contributed by atoms with Gasteiger partial charge in [0.05, 0.1) is 5.41 Å². The largest absolute Gasteiger partial charge is 0.376 e. The van der Waals surface area contributed by atoms with Crippen LogP contribution in [0.4, 0.5) is 0 Å². The molecule has 8 rings (SSSR count). The second kappa shape index (κ2) is 8.63. The zero-order chi connectivity index (χ0) is 26.9. The zero-order valence-corrected chi connectivity index (χ0v) is 23.3. The highest BCUT2D eigenvalue weighted by atomic mass is 79.9. The average Bonchev–Trinajstić information content (AvgIpc) is 3.46. The Hall–Kier alpha value is -4.24. The Kier molecular flexibility index (Phi) is 5.10. The van der Waals surface area contributed by atoms with Crippen molar-refractivity contribution in [1.82, 2.24) is 0 Å². The Bertz CT molecular complexity index is 1890. The van der Waals surface area contributed by atoms with Gasteiger partial charge in [-0.15, -0.1) is 0 Å². The number of benzene rings is 6. The molecule has 0 aliphatic heterocycles. The molecule has 0 spiro atoms. The molecule has 0 heterocycles. The van der Waals surface area contributed by atoms with Crippen molar-refractivity contribution in [2.75, 3.05) is 0 Å². The Balaban J connectivity index is 1.53. The van der Waals surface area contributed by atoms with Crippen LogP contribution in [0.2, 0.25) is 0 Å². The smallest absolute Gasteiger partial charge is 0.142 e. The quantitative estimate of drug-likeness (QED) is 0.222. The Morgan fingerprint density at radius 2 is 0.850 bits per heavy atom. The first-order valence-corrected chi connectivity index (χ1v) is 14.4. The molecule has 0 bridgehead atoms. The van der Waals surface area contributed by atoms with Crippen LogP contribution >= 0.6 is 15.9 Å². The minimum atomic E-state index is -1.32. The maximum Gasteiger partial charge on any atom is 0.142 e. The van der Waals surface area contributed by atoms with Crippen molar-refractivity contribution < 1.29 is 5.11 Å². The van der Waals surface area contributed by atoms with Crippen molar-refractivity contribution in [2.45, 2.75) is 11.0 Å². The Morgan fingerprint density at radius 1 is 0.400 bits per heavy atom. The Labute approximate surface area is 242 Å². The summed E-state index contributed by atoms with van der Waals surface area (Å²) in [5.41, 5.74) is 10.1. The van der Waals surface area contributed by atoms with E-state index in [-0.39, 0.29) is 0 Å². The third kappa shape index (κ3) is 2.95. The van der Waals surface area contributed by atoms with Gasteiger partial charge >= 0.3 is 0 Å². The van der Waals surface area contributed by atoms with Crippen molar-refractivity contribution in [3.8, 4) is 22.3 Å². The SMILES string of the molecule is OC1(c2ccccc2C2(c3ccccc3)c3ccccc3-c3ccccc32)c2ccccc2-c2cc(Br)ccc21. The summed E-state index contributed by atoms with van der Waals surface area (Å²) in [5, 5.41) is 13.1. The monoisotopic (exact) mass is 576 g/mol. The van der Waals surface area contributed by atoms with E-state index < -0.39 is 11.0 Å². The molecule has 6 aromatic rings. The van der Waals surface area contributed by atoms with Crippen LogP contribution in [0.5, 0.6) is 0 Å². The lowest BCUT2D eigenvalue weighted by molar-refractivity contribution is 0.129. The highest BCUT2D eigenvalue weighted by Crippen LogP contribution is 2.60. The van der Waals surface area contributed by atoms with E-state index in [0.29, 0.717) is 0 Å². The summed E-state index contributed by atoms with van der Waals surface area (Å²) in [6, 6.07) is 51.3. The van der Waals surface area contributed by atoms with Gasteiger partial charge in [-0.2, -0.15) is 0 Å². The summed E-state index contributed by atoms with van der Waals surface area (Å²) >= 11 is 3.67. The molecule has 0 saturated carbocycles. The summed E-state index contributed by atoms with van der Waals surface area (Å²) < 4.78 is 0.998. The summed E-state index contributed by atoms with van der Waals surface area (Å²) in [6.07, 6.45) is 0. The van der Waals surface area contributed by atoms with Crippen LogP contribution in [0.25, 0.3) is 22.3 Å². The maximum atomic E-state index is 13.1. The van der Waals surface area contributed by atoms with Gasteiger partial charge < -0.3 is 5.11 Å². The van der Waals surface area contributed by atoms with E-state index in [4.69, 9.17) is 0 Å². The molecule has 2 heteroatoms. The number of hydrogen-bond acceptors (Lipinski definition) is 1. The molecular weight excluding hydrogens is 552 g/mol. The number of rotatable bonds is 3. The minimum Gasteiger partial charge on any atom is -0.376 e. The summed E-state index contributed by atoms with van der Waals surface area (Å²) in [7, 11) is 0. The molecule has 0 saturated heterocycles. The molecule has 0 amide bonds. The predicted molar refractivity (Wildman–Crippen MR) is 165 cm³/mol. The normalized spacial score (nSPS) is 17.6. The zero-order valence-electron chi connectivity index (χ0n) is 21.7. The van der Waals surface area contributed by atoms with E-state index in [0.717, 1.165) is 37.9 Å². The minimum absolute atomic E-state index is 0.603. The van der Waals surface area contributed by atoms with Crippen molar-refractivity contribution >= 4 is 15.9 Å². The average molecular weight is 578 g/mol. The van der Waals surface area contributed by atoms with Crippen LogP contribution in [0, 0.1) is 0 Å². The molecule has 0 radical (unpaired) electrons. The summed E-state index contributed by atoms with van der Waals surface area (Å²) in [4.78, 5) is 0.